The van der Waals surface area contributed by atoms with Gasteiger partial charge in [-0.25, -0.2) is 4.79 Å². The average Bonchev–Trinajstić information content (AvgIpc) is 2.99. The molecule has 2 fully saturated rings. The molecule has 3 rings (SSSR count). The number of aryl methyl sites for hydroxylation is 1. The molecule has 130 valence electrons. The molecule has 1 aromatic rings. The molecule has 24 heavy (non-hydrogen) atoms. The molecule has 1 unspecified atom stereocenters. The Morgan fingerprint density at radius 3 is 2.54 bits per heavy atom. The zero-order valence-electron chi connectivity index (χ0n) is 14.0. The normalized spacial score (nSPS) is 22.5. The van der Waals surface area contributed by atoms with E-state index in [1.54, 1.807) is 0 Å². The Hall–Kier alpha value is -2.08. The summed E-state index contributed by atoms with van der Waals surface area (Å²) in [5, 5.41) is 15.2. The number of carbonyl (C=O) groups is 2. The van der Waals surface area contributed by atoms with Crippen LogP contribution in [-0.4, -0.2) is 47.7 Å². The fourth-order valence-corrected chi connectivity index (χ4v) is 3.65. The molecule has 3 N–H and O–H groups in total. The summed E-state index contributed by atoms with van der Waals surface area (Å²) in [5.74, 6) is -0.773. The number of nitrogens with zero attached hydrogens (tertiary/aromatic N) is 1. The summed E-state index contributed by atoms with van der Waals surface area (Å²) in [5.41, 5.74) is 2.33. The molecular formula is C18H25N3O3. The summed E-state index contributed by atoms with van der Waals surface area (Å²) in [7, 11) is 0. The molecule has 6 heteroatoms. The maximum Gasteiger partial charge on any atom is 0.320 e. The van der Waals surface area contributed by atoms with Crippen LogP contribution in [0, 0.1) is 12.3 Å². The average molecular weight is 331 g/mol. The highest BCUT2D eigenvalue weighted by atomic mass is 16.4. The lowest BCUT2D eigenvalue weighted by molar-refractivity contribution is -0.139. The molecule has 0 bridgehead atoms. The molecule has 1 spiro atoms. The van der Waals surface area contributed by atoms with Crippen LogP contribution in [0.25, 0.3) is 0 Å². The molecule has 1 atom stereocenters. The lowest BCUT2D eigenvalue weighted by Gasteiger charge is -2.38. The van der Waals surface area contributed by atoms with Crippen molar-refractivity contribution in [3.8, 4) is 0 Å². The van der Waals surface area contributed by atoms with E-state index in [1.165, 1.54) is 5.56 Å². The van der Waals surface area contributed by atoms with Crippen LogP contribution in [0.5, 0.6) is 0 Å². The molecule has 0 aliphatic carbocycles. The van der Waals surface area contributed by atoms with E-state index in [0.29, 0.717) is 26.1 Å². The minimum atomic E-state index is -0.773. The second kappa shape index (κ2) is 6.81. The summed E-state index contributed by atoms with van der Waals surface area (Å²) in [6.45, 7) is 4.69. The number of piperidine rings is 1. The zero-order chi connectivity index (χ0) is 17.2. The first-order valence-electron chi connectivity index (χ1n) is 8.52. The van der Waals surface area contributed by atoms with E-state index < -0.39 is 12.0 Å². The van der Waals surface area contributed by atoms with Crippen LogP contribution in [-0.2, 0) is 11.3 Å². The first kappa shape index (κ1) is 16.8. The smallest absolute Gasteiger partial charge is 0.320 e. The van der Waals surface area contributed by atoms with E-state index in [-0.39, 0.29) is 11.4 Å². The monoisotopic (exact) mass is 331 g/mol. The summed E-state index contributed by atoms with van der Waals surface area (Å²) in [6, 6.07) is 7.66. The van der Waals surface area contributed by atoms with Gasteiger partial charge in [-0.3, -0.25) is 4.79 Å². The molecule has 1 aromatic carbocycles. The van der Waals surface area contributed by atoms with Gasteiger partial charge in [-0.05, 0) is 37.2 Å². The molecule has 0 saturated carbocycles. The highest BCUT2D eigenvalue weighted by Crippen LogP contribution is 2.39. The number of amides is 2. The zero-order valence-corrected chi connectivity index (χ0v) is 14.0. The third-order valence-corrected chi connectivity index (χ3v) is 5.33. The van der Waals surface area contributed by atoms with Crippen molar-refractivity contribution in [3.63, 3.8) is 0 Å². The lowest BCUT2D eigenvalue weighted by Crippen LogP contribution is -2.47. The van der Waals surface area contributed by atoms with Gasteiger partial charge in [0.25, 0.3) is 0 Å². The largest absolute Gasteiger partial charge is 0.480 e. The van der Waals surface area contributed by atoms with Crippen LogP contribution in [0.4, 0.5) is 4.79 Å². The molecule has 0 radical (unpaired) electrons. The molecule has 0 aromatic heterocycles. The van der Waals surface area contributed by atoms with Gasteiger partial charge in [-0.1, -0.05) is 29.8 Å². The van der Waals surface area contributed by atoms with Crippen LogP contribution in [0.2, 0.25) is 0 Å². The lowest BCUT2D eigenvalue weighted by atomic mass is 9.76. The van der Waals surface area contributed by atoms with Gasteiger partial charge in [-0.2, -0.15) is 0 Å². The second-order valence-corrected chi connectivity index (χ2v) is 7.11. The Bertz CT molecular complexity index is 606. The first-order chi connectivity index (χ1) is 11.5. The van der Waals surface area contributed by atoms with Crippen molar-refractivity contribution in [1.29, 1.82) is 0 Å². The van der Waals surface area contributed by atoms with Gasteiger partial charge < -0.3 is 20.6 Å². The standard InChI is InChI=1S/C18H25N3O3/c1-13-2-4-14(5-3-13)11-19-17(24)21-8-6-18(7-9-21)10-15(16(22)23)20-12-18/h2-5,15,20H,6-12H2,1H3,(H,19,24)(H,22,23). The minimum absolute atomic E-state index is 0.0360. The fourth-order valence-electron chi connectivity index (χ4n) is 3.65. The van der Waals surface area contributed by atoms with Crippen molar-refractivity contribution in [2.24, 2.45) is 5.41 Å². The number of benzene rings is 1. The minimum Gasteiger partial charge on any atom is -0.480 e. The molecule has 2 saturated heterocycles. The van der Waals surface area contributed by atoms with Crippen molar-refractivity contribution in [2.75, 3.05) is 19.6 Å². The molecule has 6 nitrogen and oxygen atoms in total. The maximum absolute atomic E-state index is 12.3. The number of carboxylic acids is 1. The molecule has 2 aliphatic heterocycles. The first-order valence-corrected chi connectivity index (χ1v) is 8.52. The molecular weight excluding hydrogens is 306 g/mol. The summed E-state index contributed by atoms with van der Waals surface area (Å²) >= 11 is 0. The van der Waals surface area contributed by atoms with Gasteiger partial charge in [0.15, 0.2) is 0 Å². The SMILES string of the molecule is Cc1ccc(CNC(=O)N2CCC3(CC2)CNC(C(=O)O)C3)cc1. The van der Waals surface area contributed by atoms with Gasteiger partial charge >= 0.3 is 12.0 Å². The van der Waals surface area contributed by atoms with E-state index in [4.69, 9.17) is 5.11 Å². The topological polar surface area (TPSA) is 81.7 Å². The predicted octanol–water partition coefficient (Wildman–Crippen LogP) is 1.73. The highest BCUT2D eigenvalue weighted by Gasteiger charge is 2.44. The van der Waals surface area contributed by atoms with Gasteiger partial charge in [0.1, 0.15) is 6.04 Å². The van der Waals surface area contributed by atoms with E-state index in [1.807, 2.05) is 36.1 Å². The highest BCUT2D eigenvalue weighted by molar-refractivity contribution is 5.75. The maximum atomic E-state index is 12.3. The van der Waals surface area contributed by atoms with Gasteiger partial charge in [0.2, 0.25) is 0 Å². The Labute approximate surface area is 142 Å². The molecule has 2 amide bonds. The second-order valence-electron chi connectivity index (χ2n) is 7.11. The van der Waals surface area contributed by atoms with Crippen molar-refractivity contribution in [2.45, 2.75) is 38.8 Å². The van der Waals surface area contributed by atoms with Crippen molar-refractivity contribution < 1.29 is 14.7 Å². The number of nitrogens with one attached hydrogen (secondary N) is 2. The fraction of sp³-hybridized carbons (Fsp3) is 0.556. The van der Waals surface area contributed by atoms with Crippen molar-refractivity contribution in [1.82, 2.24) is 15.5 Å². The number of carbonyl (C=O) groups excluding carboxylic acids is 1. The van der Waals surface area contributed by atoms with E-state index in [2.05, 4.69) is 10.6 Å². The van der Waals surface area contributed by atoms with Gasteiger partial charge in [0, 0.05) is 26.2 Å². The summed E-state index contributed by atoms with van der Waals surface area (Å²) < 4.78 is 0. The molecule has 2 heterocycles. The quantitative estimate of drug-likeness (QED) is 0.788. The third-order valence-electron chi connectivity index (χ3n) is 5.33. The Kier molecular flexibility index (Phi) is 4.76. The third kappa shape index (κ3) is 3.70. The number of urea groups is 1. The van der Waals surface area contributed by atoms with Gasteiger partial charge in [-0.15, -0.1) is 0 Å². The van der Waals surface area contributed by atoms with Crippen molar-refractivity contribution >= 4 is 12.0 Å². The van der Waals surface area contributed by atoms with E-state index in [0.717, 1.165) is 24.9 Å². The number of carboxylic acid groups (broad SMARTS) is 1. The van der Waals surface area contributed by atoms with Gasteiger partial charge in [0.05, 0.1) is 0 Å². The van der Waals surface area contributed by atoms with Crippen LogP contribution < -0.4 is 10.6 Å². The Morgan fingerprint density at radius 2 is 1.96 bits per heavy atom. The summed E-state index contributed by atoms with van der Waals surface area (Å²) in [4.78, 5) is 25.3. The van der Waals surface area contributed by atoms with Crippen molar-refractivity contribution in [3.05, 3.63) is 35.4 Å². The number of rotatable bonds is 3. The van der Waals surface area contributed by atoms with Crippen LogP contribution in [0.1, 0.15) is 30.4 Å². The number of hydrogen-bond donors (Lipinski definition) is 3. The van der Waals surface area contributed by atoms with E-state index >= 15 is 0 Å². The van der Waals surface area contributed by atoms with Crippen LogP contribution in [0.3, 0.4) is 0 Å². The predicted molar refractivity (Wildman–Crippen MR) is 90.7 cm³/mol. The molecule has 2 aliphatic rings. The van der Waals surface area contributed by atoms with Crippen LogP contribution >= 0.6 is 0 Å². The summed E-state index contributed by atoms with van der Waals surface area (Å²) in [6.07, 6.45) is 2.39. The number of aliphatic carboxylic acids is 1. The number of hydrogen-bond acceptors (Lipinski definition) is 3. The Balaban J connectivity index is 1.47. The van der Waals surface area contributed by atoms with E-state index in [9.17, 15) is 9.59 Å². The Morgan fingerprint density at radius 1 is 1.29 bits per heavy atom. The number of likely N-dealkylation sites (tertiary alicyclic amines) is 1. The van der Waals surface area contributed by atoms with Crippen LogP contribution in [0.15, 0.2) is 24.3 Å².